The average Bonchev–Trinajstić information content (AvgIpc) is 3.40. The van der Waals surface area contributed by atoms with Gasteiger partial charge in [-0.25, -0.2) is 0 Å². The topological polar surface area (TPSA) is 82.6 Å². The molecule has 3 aromatic carbocycles. The molecule has 1 saturated heterocycles. The lowest BCUT2D eigenvalue weighted by Gasteiger charge is -2.25. The number of ether oxygens (including phenoxy) is 1. The Hall–Kier alpha value is -3.84. The highest BCUT2D eigenvalue weighted by Gasteiger charge is 2.45. The number of hydrogen-bond acceptors (Lipinski definition) is 4. The largest absolute Gasteiger partial charge is 0.507 e. The number of nitrogens with one attached hydrogen (secondary N) is 1. The van der Waals surface area contributed by atoms with E-state index in [0.717, 1.165) is 26.5 Å². The zero-order valence-corrected chi connectivity index (χ0v) is 20.6. The highest BCUT2D eigenvalue weighted by Crippen LogP contribution is 2.40. The maximum absolute atomic E-state index is 13.2. The number of aliphatic hydroxyl groups is 1. The van der Waals surface area contributed by atoms with Gasteiger partial charge in [-0.1, -0.05) is 46.3 Å². The zero-order valence-electron chi connectivity index (χ0n) is 19.0. The van der Waals surface area contributed by atoms with Crippen molar-refractivity contribution in [3.05, 3.63) is 106 Å². The number of benzene rings is 3. The lowest BCUT2D eigenvalue weighted by atomic mass is 9.95. The first-order valence-corrected chi connectivity index (χ1v) is 12.0. The van der Waals surface area contributed by atoms with Crippen LogP contribution in [0.2, 0.25) is 0 Å². The summed E-state index contributed by atoms with van der Waals surface area (Å²) in [6.07, 6.45) is 2.50. The number of hydrogen-bond donors (Lipinski definition) is 2. The Morgan fingerprint density at radius 2 is 1.83 bits per heavy atom. The van der Waals surface area contributed by atoms with Gasteiger partial charge in [-0.2, -0.15) is 0 Å². The third-order valence-electron chi connectivity index (χ3n) is 6.36. The van der Waals surface area contributed by atoms with Crippen molar-refractivity contribution < 1.29 is 19.4 Å². The van der Waals surface area contributed by atoms with Crippen LogP contribution >= 0.6 is 15.9 Å². The van der Waals surface area contributed by atoms with Crippen LogP contribution in [-0.4, -0.2) is 40.3 Å². The van der Waals surface area contributed by atoms with Crippen LogP contribution in [0.1, 0.15) is 22.7 Å². The van der Waals surface area contributed by atoms with E-state index in [9.17, 15) is 14.7 Å². The second-order valence-corrected chi connectivity index (χ2v) is 9.30. The third-order valence-corrected chi connectivity index (χ3v) is 6.86. The van der Waals surface area contributed by atoms with Gasteiger partial charge in [0.05, 0.1) is 18.7 Å². The van der Waals surface area contributed by atoms with E-state index in [4.69, 9.17) is 4.74 Å². The van der Waals surface area contributed by atoms with Crippen molar-refractivity contribution in [3.63, 3.8) is 0 Å². The first-order chi connectivity index (χ1) is 17.0. The van der Waals surface area contributed by atoms with Crippen LogP contribution in [0.25, 0.3) is 16.7 Å². The molecular weight excluding hydrogens is 508 g/mol. The Kier molecular flexibility index (Phi) is 6.17. The number of fused-ring (bicyclic) bond motifs is 1. The molecule has 2 heterocycles. The van der Waals surface area contributed by atoms with E-state index >= 15 is 0 Å². The van der Waals surface area contributed by atoms with Crippen LogP contribution in [0.4, 0.5) is 0 Å². The number of carbonyl (C=O) groups excluding carboxylic acids is 2. The summed E-state index contributed by atoms with van der Waals surface area (Å²) in [4.78, 5) is 31.3. The van der Waals surface area contributed by atoms with Gasteiger partial charge in [0.15, 0.2) is 0 Å². The maximum Gasteiger partial charge on any atom is 0.295 e. The molecule has 1 unspecified atom stereocenters. The normalized spacial score (nSPS) is 17.3. The molecule has 0 radical (unpaired) electrons. The van der Waals surface area contributed by atoms with Crippen molar-refractivity contribution in [2.75, 3.05) is 13.7 Å². The number of rotatable bonds is 6. The average molecular weight is 531 g/mol. The summed E-state index contributed by atoms with van der Waals surface area (Å²) in [5.74, 6) is -0.887. The number of aliphatic hydroxyl groups excluding tert-OH is 1. The molecule has 1 amide bonds. The lowest BCUT2D eigenvalue weighted by Crippen LogP contribution is -2.31. The van der Waals surface area contributed by atoms with E-state index in [0.29, 0.717) is 24.3 Å². The van der Waals surface area contributed by atoms with E-state index in [1.807, 2.05) is 54.7 Å². The molecule has 1 fully saturated rings. The Morgan fingerprint density at radius 1 is 1.06 bits per heavy atom. The Balaban J connectivity index is 1.56. The van der Waals surface area contributed by atoms with Crippen molar-refractivity contribution in [1.29, 1.82) is 0 Å². The van der Waals surface area contributed by atoms with Crippen LogP contribution in [0, 0.1) is 0 Å². The van der Waals surface area contributed by atoms with Crippen molar-refractivity contribution in [2.24, 2.45) is 0 Å². The molecule has 0 spiro atoms. The fourth-order valence-electron chi connectivity index (χ4n) is 4.62. The number of Topliss-reactive ketones (excluding diaryl/α,β-unsaturated/α-hetero) is 1. The van der Waals surface area contributed by atoms with Gasteiger partial charge in [-0.15, -0.1) is 0 Å². The van der Waals surface area contributed by atoms with Gasteiger partial charge >= 0.3 is 0 Å². The van der Waals surface area contributed by atoms with Crippen molar-refractivity contribution >= 4 is 44.3 Å². The smallest absolute Gasteiger partial charge is 0.295 e. The molecule has 0 bridgehead atoms. The molecule has 1 aliphatic rings. The van der Waals surface area contributed by atoms with Crippen LogP contribution in [-0.2, 0) is 16.0 Å². The van der Waals surface area contributed by atoms with E-state index in [1.54, 1.807) is 36.3 Å². The zero-order chi connectivity index (χ0) is 24.5. The van der Waals surface area contributed by atoms with Gasteiger partial charge in [0.2, 0.25) is 0 Å². The minimum absolute atomic E-state index is 0.0807. The summed E-state index contributed by atoms with van der Waals surface area (Å²) in [7, 11) is 1.56. The van der Waals surface area contributed by atoms with E-state index in [1.165, 1.54) is 0 Å². The van der Waals surface area contributed by atoms with Crippen LogP contribution in [0.3, 0.4) is 0 Å². The summed E-state index contributed by atoms with van der Waals surface area (Å²) in [6.45, 7) is 0.322. The molecule has 2 N–H and O–H groups in total. The molecule has 1 atom stereocenters. The van der Waals surface area contributed by atoms with E-state index < -0.39 is 17.7 Å². The number of likely N-dealkylation sites (tertiary alicyclic amines) is 1. The predicted octanol–water partition coefficient (Wildman–Crippen LogP) is 5.60. The van der Waals surface area contributed by atoms with Crippen molar-refractivity contribution in [3.8, 4) is 5.75 Å². The number of H-pyrrole nitrogens is 1. The maximum atomic E-state index is 13.2. The minimum atomic E-state index is -0.709. The number of nitrogens with zero attached hydrogens (tertiary/aromatic N) is 1. The number of aromatic nitrogens is 1. The second-order valence-electron chi connectivity index (χ2n) is 8.39. The molecule has 7 heteroatoms. The molecule has 1 aromatic heterocycles. The number of amides is 1. The van der Waals surface area contributed by atoms with Gasteiger partial charge in [-0.3, -0.25) is 9.59 Å². The molecule has 0 saturated carbocycles. The van der Waals surface area contributed by atoms with Crippen LogP contribution < -0.4 is 4.74 Å². The van der Waals surface area contributed by atoms with E-state index in [-0.39, 0.29) is 11.3 Å². The Morgan fingerprint density at radius 3 is 2.57 bits per heavy atom. The summed E-state index contributed by atoms with van der Waals surface area (Å²) in [6, 6.07) is 21.5. The van der Waals surface area contributed by atoms with Gasteiger partial charge in [0.1, 0.15) is 11.5 Å². The van der Waals surface area contributed by atoms with Crippen molar-refractivity contribution in [2.45, 2.75) is 12.5 Å². The number of halogens is 1. The first-order valence-electron chi connectivity index (χ1n) is 11.2. The molecule has 4 aromatic rings. The Bertz CT molecular complexity index is 1460. The molecule has 1 aliphatic heterocycles. The summed E-state index contributed by atoms with van der Waals surface area (Å²) < 4.78 is 6.02. The fourth-order valence-corrected chi connectivity index (χ4v) is 5.03. The third kappa shape index (κ3) is 4.23. The quantitative estimate of drug-likeness (QED) is 0.193. The molecular formula is C28H23BrN2O4. The molecule has 176 valence electrons. The minimum Gasteiger partial charge on any atom is -0.507 e. The predicted molar refractivity (Wildman–Crippen MR) is 138 cm³/mol. The standard InChI is InChI=1S/C28H23BrN2O4/c1-35-21-11-9-17(10-12-21)26(32)24-25(18-5-4-6-20(29)15-18)31(28(34)27(24)33)14-13-19-16-30-23-8-3-2-7-22(19)23/h2-12,15-16,25,30,32H,13-14H2,1H3. The van der Waals surface area contributed by atoms with Gasteiger partial charge in [-0.05, 0) is 60.0 Å². The molecule has 35 heavy (non-hydrogen) atoms. The lowest BCUT2D eigenvalue weighted by molar-refractivity contribution is -0.139. The number of carbonyl (C=O) groups is 2. The molecule has 6 nitrogen and oxygen atoms in total. The second kappa shape index (κ2) is 9.43. The van der Waals surface area contributed by atoms with Gasteiger partial charge in [0, 0.05) is 33.7 Å². The van der Waals surface area contributed by atoms with Crippen LogP contribution in [0.5, 0.6) is 5.75 Å². The summed E-state index contributed by atoms with van der Waals surface area (Å²) in [5.41, 5.74) is 3.35. The Labute approximate surface area is 211 Å². The van der Waals surface area contributed by atoms with Crippen molar-refractivity contribution in [1.82, 2.24) is 9.88 Å². The van der Waals surface area contributed by atoms with E-state index in [2.05, 4.69) is 20.9 Å². The van der Waals surface area contributed by atoms with Crippen LogP contribution in [0.15, 0.2) is 89.0 Å². The highest BCUT2D eigenvalue weighted by atomic mass is 79.9. The SMILES string of the molecule is COc1ccc(C(O)=C2C(=O)C(=O)N(CCc3c[nH]c4ccccc34)C2c2cccc(Br)c2)cc1. The first kappa shape index (κ1) is 22.9. The number of ketones is 1. The summed E-state index contributed by atoms with van der Waals surface area (Å²) >= 11 is 3.49. The number of aromatic amines is 1. The molecule has 0 aliphatic carbocycles. The van der Waals surface area contributed by atoms with Gasteiger partial charge < -0.3 is 19.7 Å². The monoisotopic (exact) mass is 530 g/mol. The number of methoxy groups -OCH3 is 1. The molecule has 5 rings (SSSR count). The summed E-state index contributed by atoms with van der Waals surface area (Å²) in [5, 5.41) is 12.3. The number of para-hydroxylation sites is 1. The van der Waals surface area contributed by atoms with Gasteiger partial charge in [0.25, 0.3) is 11.7 Å². The highest BCUT2D eigenvalue weighted by molar-refractivity contribution is 9.10. The fraction of sp³-hybridized carbons (Fsp3) is 0.143.